The van der Waals surface area contributed by atoms with E-state index in [2.05, 4.69) is 32.8 Å². The highest BCUT2D eigenvalue weighted by molar-refractivity contribution is 7.00. The summed E-state index contributed by atoms with van der Waals surface area (Å²) >= 11 is 1.08. The highest BCUT2D eigenvalue weighted by atomic mass is 32.1. The Morgan fingerprint density at radius 3 is 2.52 bits per heavy atom. The molecular weight excluding hydrogens is 364 g/mol. The minimum atomic E-state index is -0.537. The van der Waals surface area contributed by atoms with Crippen molar-refractivity contribution in [3.8, 4) is 0 Å². The first-order chi connectivity index (χ1) is 13.1. The number of nitrogens with one attached hydrogen (secondary N) is 1. The van der Waals surface area contributed by atoms with Gasteiger partial charge in [-0.1, -0.05) is 6.07 Å². The summed E-state index contributed by atoms with van der Waals surface area (Å²) in [6, 6.07) is 12.5. The minimum Gasteiger partial charge on any atom is -0.452 e. The van der Waals surface area contributed by atoms with Gasteiger partial charge in [0.15, 0.2) is 6.61 Å². The zero-order valence-corrected chi connectivity index (χ0v) is 16.0. The van der Waals surface area contributed by atoms with Crippen LogP contribution in [0.1, 0.15) is 24.2 Å². The number of rotatable bonds is 7. The van der Waals surface area contributed by atoms with Crippen molar-refractivity contribution < 1.29 is 14.3 Å². The van der Waals surface area contributed by atoms with E-state index in [0.717, 1.165) is 30.5 Å². The summed E-state index contributed by atoms with van der Waals surface area (Å²) in [5.41, 5.74) is 3.33. The van der Waals surface area contributed by atoms with E-state index < -0.39 is 11.9 Å². The Bertz CT molecular complexity index is 936. The molecule has 0 aliphatic carbocycles. The molecule has 3 rings (SSSR count). The van der Waals surface area contributed by atoms with Crippen LogP contribution in [0.2, 0.25) is 0 Å². The Kier molecular flexibility index (Phi) is 5.97. The fourth-order valence-electron chi connectivity index (χ4n) is 2.70. The van der Waals surface area contributed by atoms with Gasteiger partial charge in [0.05, 0.1) is 23.0 Å². The van der Waals surface area contributed by atoms with Gasteiger partial charge in [-0.25, -0.2) is 4.79 Å². The Morgan fingerprint density at radius 2 is 1.81 bits per heavy atom. The lowest BCUT2D eigenvalue weighted by Gasteiger charge is -2.20. The lowest BCUT2D eigenvalue weighted by molar-refractivity contribution is -0.119. The molecule has 3 aromatic rings. The van der Waals surface area contributed by atoms with Crippen molar-refractivity contribution in [2.75, 3.05) is 29.9 Å². The molecule has 1 N–H and O–H groups in total. The third-order valence-corrected chi connectivity index (χ3v) is 4.67. The van der Waals surface area contributed by atoms with E-state index in [1.165, 1.54) is 0 Å². The maximum absolute atomic E-state index is 12.2. The van der Waals surface area contributed by atoms with Crippen LogP contribution in [0.4, 0.5) is 11.4 Å². The van der Waals surface area contributed by atoms with Gasteiger partial charge in [-0.2, -0.15) is 8.75 Å². The summed E-state index contributed by atoms with van der Waals surface area (Å²) in [7, 11) is 0. The summed E-state index contributed by atoms with van der Waals surface area (Å²) in [6.45, 7) is 5.56. The molecular formula is C19H20N4O3S. The lowest BCUT2D eigenvalue weighted by Crippen LogP contribution is -2.22. The van der Waals surface area contributed by atoms with Crippen LogP contribution >= 0.6 is 11.7 Å². The molecule has 1 heterocycles. The highest BCUT2D eigenvalue weighted by Gasteiger charge is 2.13. The summed E-state index contributed by atoms with van der Waals surface area (Å²) < 4.78 is 13.4. The van der Waals surface area contributed by atoms with E-state index in [4.69, 9.17) is 4.74 Å². The Morgan fingerprint density at radius 1 is 1.07 bits per heavy atom. The molecule has 0 fully saturated rings. The first-order valence-electron chi connectivity index (χ1n) is 8.65. The Labute approximate surface area is 161 Å². The molecule has 8 heteroatoms. The number of hydrogen-bond acceptors (Lipinski definition) is 7. The van der Waals surface area contributed by atoms with Gasteiger partial charge in [0, 0.05) is 18.8 Å². The Balaban J connectivity index is 1.57. The predicted octanol–water partition coefficient (Wildman–Crippen LogP) is 3.33. The fourth-order valence-corrected chi connectivity index (χ4v) is 3.25. The first-order valence-corrected chi connectivity index (χ1v) is 9.38. The number of ether oxygens (including phenoxy) is 1. The van der Waals surface area contributed by atoms with Crippen molar-refractivity contribution in [1.82, 2.24) is 8.75 Å². The van der Waals surface area contributed by atoms with Crippen LogP contribution in [-0.4, -0.2) is 40.3 Å². The number of fused-ring (bicyclic) bond motifs is 1. The molecule has 140 valence electrons. The van der Waals surface area contributed by atoms with Crippen LogP contribution < -0.4 is 10.2 Å². The second kappa shape index (κ2) is 8.59. The quantitative estimate of drug-likeness (QED) is 0.629. The van der Waals surface area contributed by atoms with Crippen LogP contribution in [0.3, 0.4) is 0 Å². The maximum Gasteiger partial charge on any atom is 0.338 e. The molecule has 0 spiro atoms. The van der Waals surface area contributed by atoms with E-state index in [1.807, 2.05) is 18.2 Å². The number of amides is 1. The van der Waals surface area contributed by atoms with Crippen LogP contribution in [0, 0.1) is 0 Å². The third-order valence-electron chi connectivity index (χ3n) is 4.13. The van der Waals surface area contributed by atoms with E-state index >= 15 is 0 Å². The van der Waals surface area contributed by atoms with Crippen molar-refractivity contribution >= 4 is 46.0 Å². The number of hydrogen-bond donors (Lipinski definition) is 1. The number of anilines is 2. The molecule has 0 unspecified atom stereocenters. The molecule has 27 heavy (non-hydrogen) atoms. The van der Waals surface area contributed by atoms with Crippen LogP contribution in [0.15, 0.2) is 42.5 Å². The van der Waals surface area contributed by atoms with Gasteiger partial charge in [0.1, 0.15) is 11.0 Å². The van der Waals surface area contributed by atoms with Gasteiger partial charge in [-0.05, 0) is 50.2 Å². The topological polar surface area (TPSA) is 84.4 Å². The van der Waals surface area contributed by atoms with E-state index in [9.17, 15) is 9.59 Å². The normalized spacial score (nSPS) is 10.6. The van der Waals surface area contributed by atoms with E-state index in [0.29, 0.717) is 22.3 Å². The molecule has 0 atom stereocenters. The zero-order chi connectivity index (χ0) is 19.2. The SMILES string of the molecule is CCN(CC)c1ccc(C(=O)OCC(=O)Nc2cccc3nsnc23)cc1. The van der Waals surface area contributed by atoms with Crippen molar-refractivity contribution in [2.45, 2.75) is 13.8 Å². The average molecular weight is 384 g/mol. The van der Waals surface area contributed by atoms with Crippen molar-refractivity contribution in [3.63, 3.8) is 0 Å². The number of aromatic nitrogens is 2. The second-order valence-corrected chi connectivity index (χ2v) is 6.31. The minimum absolute atomic E-state index is 0.370. The zero-order valence-electron chi connectivity index (χ0n) is 15.1. The molecule has 0 saturated carbocycles. The molecule has 0 bridgehead atoms. The summed E-state index contributed by atoms with van der Waals surface area (Å²) in [5.74, 6) is -0.964. The first kappa shape index (κ1) is 18.8. The molecule has 0 saturated heterocycles. The Hall–Kier alpha value is -3.00. The average Bonchev–Trinajstić information content (AvgIpc) is 3.17. The highest BCUT2D eigenvalue weighted by Crippen LogP contribution is 2.21. The molecule has 1 amide bonds. The van der Waals surface area contributed by atoms with Crippen LogP contribution in [0.5, 0.6) is 0 Å². The number of nitrogens with zero attached hydrogens (tertiary/aromatic N) is 3. The smallest absolute Gasteiger partial charge is 0.338 e. The van der Waals surface area contributed by atoms with Gasteiger partial charge < -0.3 is 15.0 Å². The summed E-state index contributed by atoms with van der Waals surface area (Å²) in [5, 5.41) is 2.70. The molecule has 0 aliphatic rings. The number of carbonyl (C=O) groups excluding carboxylic acids is 2. The van der Waals surface area contributed by atoms with Crippen molar-refractivity contribution in [3.05, 3.63) is 48.0 Å². The predicted molar refractivity (Wildman–Crippen MR) is 106 cm³/mol. The standard InChI is InChI=1S/C19H20N4O3S/c1-3-23(4-2)14-10-8-13(9-11-14)19(25)26-12-17(24)20-15-6-5-7-16-18(15)22-27-21-16/h5-11H,3-4,12H2,1-2H3,(H,20,24). The maximum atomic E-state index is 12.2. The van der Waals surface area contributed by atoms with Gasteiger partial charge >= 0.3 is 5.97 Å². The van der Waals surface area contributed by atoms with Crippen molar-refractivity contribution in [2.24, 2.45) is 0 Å². The lowest BCUT2D eigenvalue weighted by atomic mass is 10.2. The van der Waals surface area contributed by atoms with Crippen LogP contribution in [0.25, 0.3) is 11.0 Å². The molecule has 1 aromatic heterocycles. The largest absolute Gasteiger partial charge is 0.452 e. The van der Waals surface area contributed by atoms with Gasteiger partial charge in [0.2, 0.25) is 0 Å². The van der Waals surface area contributed by atoms with Gasteiger partial charge in [0.25, 0.3) is 5.91 Å². The van der Waals surface area contributed by atoms with E-state index in [-0.39, 0.29) is 6.61 Å². The van der Waals surface area contributed by atoms with Crippen molar-refractivity contribution in [1.29, 1.82) is 0 Å². The van der Waals surface area contributed by atoms with Gasteiger partial charge in [-0.15, -0.1) is 0 Å². The fraction of sp³-hybridized carbons (Fsp3) is 0.263. The summed E-state index contributed by atoms with van der Waals surface area (Å²) in [6.07, 6.45) is 0. The van der Waals surface area contributed by atoms with Gasteiger partial charge in [-0.3, -0.25) is 4.79 Å². The molecule has 2 aromatic carbocycles. The number of carbonyl (C=O) groups is 2. The van der Waals surface area contributed by atoms with E-state index in [1.54, 1.807) is 24.3 Å². The third kappa shape index (κ3) is 4.40. The second-order valence-electron chi connectivity index (χ2n) is 5.78. The molecule has 7 nitrogen and oxygen atoms in total. The number of esters is 1. The van der Waals surface area contributed by atoms with Crippen LogP contribution in [-0.2, 0) is 9.53 Å². The monoisotopic (exact) mass is 384 g/mol. The molecule has 0 aliphatic heterocycles. The number of benzene rings is 2. The summed E-state index contributed by atoms with van der Waals surface area (Å²) in [4.78, 5) is 26.4. The molecule has 0 radical (unpaired) electrons.